The molecule has 1 amide bonds. The zero-order valence-electron chi connectivity index (χ0n) is 10.8. The fourth-order valence-electron chi connectivity index (χ4n) is 1.94. The lowest BCUT2D eigenvalue weighted by Crippen LogP contribution is -2.15. The van der Waals surface area contributed by atoms with Crippen LogP contribution in [0, 0.1) is 0 Å². The topological polar surface area (TPSA) is 66.0 Å². The molecule has 0 atom stereocenters. The van der Waals surface area contributed by atoms with Gasteiger partial charge < -0.3 is 14.2 Å². The fourth-order valence-corrected chi connectivity index (χ4v) is 1.94. The number of hydrogen-bond acceptors (Lipinski definition) is 5. The average Bonchev–Trinajstić information content (AvgIpc) is 2.97. The second-order valence-corrected chi connectivity index (χ2v) is 3.97. The van der Waals surface area contributed by atoms with Crippen molar-refractivity contribution in [1.82, 2.24) is 5.48 Å². The predicted molar refractivity (Wildman–Crippen MR) is 66.5 cm³/mol. The standard InChI is InChI=1S/C13H17NO5/c1-16-11-3-2-10(4-5-19-14-9-15)12(8-11)13-17-6-7-18-13/h2-3,8-9,13H,4-7H2,1H3,(H,14,15). The van der Waals surface area contributed by atoms with Crippen molar-refractivity contribution in [3.8, 4) is 5.75 Å². The first kappa shape index (κ1) is 13.8. The van der Waals surface area contributed by atoms with E-state index in [0.717, 1.165) is 16.9 Å². The van der Waals surface area contributed by atoms with Crippen LogP contribution in [0.5, 0.6) is 5.75 Å². The molecule has 1 N–H and O–H groups in total. The minimum absolute atomic E-state index is 0.357. The van der Waals surface area contributed by atoms with Gasteiger partial charge in [0.1, 0.15) is 5.75 Å². The molecule has 1 fully saturated rings. The van der Waals surface area contributed by atoms with Crippen molar-refractivity contribution in [2.45, 2.75) is 12.7 Å². The lowest BCUT2D eigenvalue weighted by molar-refractivity contribution is -0.120. The molecule has 0 saturated carbocycles. The van der Waals surface area contributed by atoms with Crippen LogP contribution in [0.3, 0.4) is 0 Å². The quantitative estimate of drug-likeness (QED) is 0.453. The van der Waals surface area contributed by atoms with E-state index in [-0.39, 0.29) is 6.29 Å². The van der Waals surface area contributed by atoms with Crippen molar-refractivity contribution >= 4 is 6.41 Å². The van der Waals surface area contributed by atoms with Gasteiger partial charge in [0, 0.05) is 5.56 Å². The van der Waals surface area contributed by atoms with E-state index in [1.54, 1.807) is 7.11 Å². The largest absolute Gasteiger partial charge is 0.497 e. The highest BCUT2D eigenvalue weighted by atomic mass is 16.7. The normalized spacial score (nSPS) is 15.4. The summed E-state index contributed by atoms with van der Waals surface area (Å²) in [5, 5.41) is 0. The van der Waals surface area contributed by atoms with Crippen LogP contribution in [0.25, 0.3) is 0 Å². The number of nitrogens with one attached hydrogen (secondary N) is 1. The highest BCUT2D eigenvalue weighted by Crippen LogP contribution is 2.29. The summed E-state index contributed by atoms with van der Waals surface area (Å²) < 4.78 is 16.2. The van der Waals surface area contributed by atoms with E-state index in [2.05, 4.69) is 5.48 Å². The third-order valence-corrected chi connectivity index (χ3v) is 2.83. The number of ether oxygens (including phenoxy) is 3. The molecule has 19 heavy (non-hydrogen) atoms. The lowest BCUT2D eigenvalue weighted by Gasteiger charge is -2.16. The van der Waals surface area contributed by atoms with Gasteiger partial charge in [-0.2, -0.15) is 0 Å². The summed E-state index contributed by atoms with van der Waals surface area (Å²) in [4.78, 5) is 15.0. The number of hydrogen-bond donors (Lipinski definition) is 1. The van der Waals surface area contributed by atoms with Gasteiger partial charge in [0.2, 0.25) is 6.41 Å². The fraction of sp³-hybridized carbons (Fsp3) is 0.462. The number of carbonyl (C=O) groups excluding carboxylic acids is 1. The number of carbonyl (C=O) groups is 1. The predicted octanol–water partition coefficient (Wildman–Crippen LogP) is 0.961. The van der Waals surface area contributed by atoms with Gasteiger partial charge in [0.25, 0.3) is 0 Å². The van der Waals surface area contributed by atoms with Gasteiger partial charge in [-0.05, 0) is 24.1 Å². The summed E-state index contributed by atoms with van der Waals surface area (Å²) in [6.45, 7) is 1.56. The van der Waals surface area contributed by atoms with Gasteiger partial charge in [-0.1, -0.05) is 6.07 Å². The Kier molecular flexibility index (Phi) is 5.14. The van der Waals surface area contributed by atoms with Crippen molar-refractivity contribution in [2.75, 3.05) is 26.9 Å². The Morgan fingerprint density at radius 1 is 1.42 bits per heavy atom. The summed E-state index contributed by atoms with van der Waals surface area (Å²) in [6.07, 6.45) is 0.783. The van der Waals surface area contributed by atoms with Gasteiger partial charge in [0.15, 0.2) is 6.29 Å². The molecule has 0 bridgehead atoms. The Hall–Kier alpha value is -1.63. The molecule has 1 aliphatic rings. The van der Waals surface area contributed by atoms with E-state index in [0.29, 0.717) is 32.7 Å². The van der Waals surface area contributed by atoms with Crippen LogP contribution < -0.4 is 10.2 Å². The Morgan fingerprint density at radius 2 is 2.21 bits per heavy atom. The first-order chi connectivity index (χ1) is 9.35. The molecular weight excluding hydrogens is 250 g/mol. The summed E-state index contributed by atoms with van der Waals surface area (Å²) in [7, 11) is 1.62. The van der Waals surface area contributed by atoms with Crippen molar-refractivity contribution in [1.29, 1.82) is 0 Å². The Morgan fingerprint density at radius 3 is 2.89 bits per heavy atom. The molecule has 1 aromatic rings. The van der Waals surface area contributed by atoms with Crippen LogP contribution in [0.4, 0.5) is 0 Å². The van der Waals surface area contributed by atoms with Gasteiger partial charge in [0.05, 0.1) is 26.9 Å². The van der Waals surface area contributed by atoms with Crippen LogP contribution in [0.2, 0.25) is 0 Å². The summed E-state index contributed by atoms with van der Waals surface area (Å²) >= 11 is 0. The molecule has 0 unspecified atom stereocenters. The molecule has 0 spiro atoms. The van der Waals surface area contributed by atoms with E-state index in [4.69, 9.17) is 19.0 Å². The molecule has 0 aliphatic carbocycles. The second kappa shape index (κ2) is 7.08. The maximum atomic E-state index is 10.1. The maximum absolute atomic E-state index is 10.1. The van der Waals surface area contributed by atoms with Crippen LogP contribution in [-0.2, 0) is 25.5 Å². The SMILES string of the molecule is COc1ccc(CCONC=O)c(C2OCCO2)c1. The van der Waals surface area contributed by atoms with E-state index in [9.17, 15) is 4.79 Å². The van der Waals surface area contributed by atoms with E-state index in [1.165, 1.54) is 0 Å². The third kappa shape index (κ3) is 3.66. The lowest BCUT2D eigenvalue weighted by atomic mass is 10.0. The highest BCUT2D eigenvalue weighted by Gasteiger charge is 2.21. The number of amides is 1. The molecule has 2 rings (SSSR count). The van der Waals surface area contributed by atoms with Crippen LogP contribution in [0.1, 0.15) is 17.4 Å². The molecule has 0 radical (unpaired) electrons. The molecule has 1 aliphatic heterocycles. The summed E-state index contributed by atoms with van der Waals surface area (Å²) in [5.74, 6) is 0.754. The number of benzene rings is 1. The monoisotopic (exact) mass is 267 g/mol. The minimum Gasteiger partial charge on any atom is -0.497 e. The highest BCUT2D eigenvalue weighted by molar-refractivity contribution is 5.43. The molecule has 104 valence electrons. The molecule has 1 aromatic carbocycles. The molecule has 1 heterocycles. The van der Waals surface area contributed by atoms with Crippen LogP contribution in [0.15, 0.2) is 18.2 Å². The van der Waals surface area contributed by atoms with Gasteiger partial charge >= 0.3 is 0 Å². The molecular formula is C13H17NO5. The van der Waals surface area contributed by atoms with E-state index >= 15 is 0 Å². The summed E-state index contributed by atoms with van der Waals surface area (Å²) in [5.41, 5.74) is 4.14. The zero-order chi connectivity index (χ0) is 13.5. The number of hydroxylamine groups is 1. The van der Waals surface area contributed by atoms with Gasteiger partial charge in [-0.25, -0.2) is 5.48 Å². The van der Waals surface area contributed by atoms with Crippen molar-refractivity contribution in [3.63, 3.8) is 0 Å². The third-order valence-electron chi connectivity index (χ3n) is 2.83. The maximum Gasteiger partial charge on any atom is 0.230 e. The second-order valence-electron chi connectivity index (χ2n) is 3.97. The van der Waals surface area contributed by atoms with E-state index < -0.39 is 0 Å². The minimum atomic E-state index is -0.357. The van der Waals surface area contributed by atoms with Crippen LogP contribution in [-0.4, -0.2) is 33.3 Å². The van der Waals surface area contributed by atoms with Gasteiger partial charge in [-0.15, -0.1) is 0 Å². The molecule has 6 nitrogen and oxygen atoms in total. The average molecular weight is 267 g/mol. The molecule has 0 aromatic heterocycles. The Bertz CT molecular complexity index is 417. The van der Waals surface area contributed by atoms with Gasteiger partial charge in [-0.3, -0.25) is 9.63 Å². The Labute approximate surface area is 111 Å². The first-order valence-electron chi connectivity index (χ1n) is 6.06. The first-order valence-corrected chi connectivity index (χ1v) is 6.06. The smallest absolute Gasteiger partial charge is 0.230 e. The number of methoxy groups -OCH3 is 1. The summed E-state index contributed by atoms with van der Waals surface area (Å²) in [6, 6.07) is 5.73. The zero-order valence-corrected chi connectivity index (χ0v) is 10.8. The van der Waals surface area contributed by atoms with Crippen LogP contribution >= 0.6 is 0 Å². The Balaban J connectivity index is 2.08. The van der Waals surface area contributed by atoms with E-state index in [1.807, 2.05) is 18.2 Å². The van der Waals surface area contributed by atoms with Crippen molar-refractivity contribution < 1.29 is 23.8 Å². The molecule has 6 heteroatoms. The molecule has 1 saturated heterocycles. The van der Waals surface area contributed by atoms with Crippen molar-refractivity contribution in [3.05, 3.63) is 29.3 Å². The number of rotatable bonds is 7. The van der Waals surface area contributed by atoms with Crippen molar-refractivity contribution in [2.24, 2.45) is 0 Å².